The summed E-state index contributed by atoms with van der Waals surface area (Å²) in [6.07, 6.45) is 0. The van der Waals surface area contributed by atoms with Crippen molar-refractivity contribution < 1.29 is 0 Å². The summed E-state index contributed by atoms with van der Waals surface area (Å²) in [6, 6.07) is 47.7. The molecule has 2 heterocycles. The van der Waals surface area contributed by atoms with Crippen LogP contribution in [-0.4, -0.2) is 6.71 Å². The Labute approximate surface area is 373 Å². The summed E-state index contributed by atoms with van der Waals surface area (Å²) in [5.74, 6) is 0. The summed E-state index contributed by atoms with van der Waals surface area (Å²) in [5.41, 5.74) is 23.1. The highest BCUT2D eigenvalue weighted by molar-refractivity contribution is 7.00. The maximum absolute atomic E-state index is 2.63. The fraction of sp³-hybridized carbons (Fsp3) is 0.322. The zero-order valence-corrected chi connectivity index (χ0v) is 40.0. The fourth-order valence-corrected chi connectivity index (χ4v) is 9.92. The highest BCUT2D eigenvalue weighted by Gasteiger charge is 2.44. The van der Waals surface area contributed by atoms with Gasteiger partial charge >= 0.3 is 0 Å². The molecule has 0 amide bonds. The molecular formula is C59H65BN2. The van der Waals surface area contributed by atoms with Gasteiger partial charge in [-0.2, -0.15) is 0 Å². The Morgan fingerprint density at radius 1 is 0.403 bits per heavy atom. The van der Waals surface area contributed by atoms with Gasteiger partial charge in [0.05, 0.1) is 0 Å². The van der Waals surface area contributed by atoms with Gasteiger partial charge in [-0.1, -0.05) is 167 Å². The van der Waals surface area contributed by atoms with E-state index in [2.05, 4.69) is 235 Å². The maximum Gasteiger partial charge on any atom is 0.252 e. The van der Waals surface area contributed by atoms with Gasteiger partial charge in [-0.3, -0.25) is 0 Å². The number of benzene rings is 7. The second-order valence-corrected chi connectivity index (χ2v) is 22.7. The number of nitrogens with zero attached hydrogens (tertiary/aromatic N) is 2. The summed E-state index contributed by atoms with van der Waals surface area (Å²) < 4.78 is 0. The van der Waals surface area contributed by atoms with Gasteiger partial charge in [-0.25, -0.2) is 0 Å². The van der Waals surface area contributed by atoms with Crippen molar-refractivity contribution in [3.63, 3.8) is 0 Å². The second kappa shape index (κ2) is 14.2. The van der Waals surface area contributed by atoms with Crippen molar-refractivity contribution in [3.05, 3.63) is 160 Å². The summed E-state index contributed by atoms with van der Waals surface area (Å²) >= 11 is 0. The van der Waals surface area contributed by atoms with Crippen LogP contribution >= 0.6 is 0 Å². The maximum atomic E-state index is 2.63. The SMILES string of the molecule is Cc1ccc2c(c1)B1c3cc(C)ccc3N(c3cc(C(C)(C)C)cc(C(C)(C)C)c3)c3cc(-c4c(C)ccc5ccccc45)cc(c31)N2c1cc(C(C)(C)C)cc(C(C)(C)C)c1. The molecule has 0 aliphatic carbocycles. The Balaban J connectivity index is 1.48. The van der Waals surface area contributed by atoms with Gasteiger partial charge in [0.25, 0.3) is 6.71 Å². The van der Waals surface area contributed by atoms with Crippen LogP contribution in [0, 0.1) is 20.8 Å². The van der Waals surface area contributed by atoms with Gasteiger partial charge in [0.15, 0.2) is 0 Å². The van der Waals surface area contributed by atoms with Crippen molar-refractivity contribution in [3.8, 4) is 11.1 Å². The number of aryl methyl sites for hydroxylation is 3. The molecule has 7 aromatic rings. The molecule has 2 nitrogen and oxygen atoms in total. The average molecular weight is 813 g/mol. The predicted molar refractivity (Wildman–Crippen MR) is 272 cm³/mol. The van der Waals surface area contributed by atoms with Crippen molar-refractivity contribution in [1.29, 1.82) is 0 Å². The molecule has 0 atom stereocenters. The smallest absolute Gasteiger partial charge is 0.252 e. The van der Waals surface area contributed by atoms with Gasteiger partial charge < -0.3 is 9.80 Å². The Bertz CT molecular complexity index is 2720. The average Bonchev–Trinajstić information content (AvgIpc) is 3.19. The number of hydrogen-bond donors (Lipinski definition) is 0. The van der Waals surface area contributed by atoms with E-state index in [1.54, 1.807) is 0 Å². The van der Waals surface area contributed by atoms with Crippen LogP contribution in [0.15, 0.2) is 121 Å². The summed E-state index contributed by atoms with van der Waals surface area (Å²) in [5, 5.41) is 2.54. The van der Waals surface area contributed by atoms with E-state index in [1.165, 1.54) is 111 Å². The van der Waals surface area contributed by atoms with Crippen LogP contribution in [-0.2, 0) is 21.7 Å². The van der Waals surface area contributed by atoms with Crippen LogP contribution in [0.5, 0.6) is 0 Å². The molecule has 0 radical (unpaired) electrons. The van der Waals surface area contributed by atoms with Gasteiger partial charge in [0.2, 0.25) is 0 Å². The monoisotopic (exact) mass is 813 g/mol. The highest BCUT2D eigenvalue weighted by Crippen LogP contribution is 2.49. The molecular weight excluding hydrogens is 747 g/mol. The van der Waals surface area contributed by atoms with Gasteiger partial charge in [0, 0.05) is 34.1 Å². The summed E-state index contributed by atoms with van der Waals surface area (Å²) in [6.45, 7) is 35.0. The molecule has 0 saturated carbocycles. The van der Waals surface area contributed by atoms with E-state index >= 15 is 0 Å². The summed E-state index contributed by atoms with van der Waals surface area (Å²) in [4.78, 5) is 5.26. The van der Waals surface area contributed by atoms with Crippen molar-refractivity contribution in [2.75, 3.05) is 9.80 Å². The lowest BCUT2D eigenvalue weighted by Crippen LogP contribution is -2.61. The van der Waals surface area contributed by atoms with Crippen LogP contribution in [0.25, 0.3) is 21.9 Å². The topological polar surface area (TPSA) is 6.48 Å². The highest BCUT2D eigenvalue weighted by atomic mass is 15.2. The lowest BCUT2D eigenvalue weighted by Gasteiger charge is -2.45. The normalized spacial score (nSPS) is 14.0. The molecule has 2 aliphatic heterocycles. The standard InChI is InChI=1S/C59H65BN2/c1-36-20-24-50-48(26-36)60-49-27-37(2)21-25-51(49)62(46-34-43(58(10,11)12)31-44(35-46)59(13,14)15)53-29-40(54-38(3)22-23-39-18-16-17-19-47(39)54)28-52(55(53)60)61(50)45-32-41(56(4,5)6)30-42(33-45)57(7,8)9/h16-35H,1-15H3. The van der Waals surface area contributed by atoms with Crippen LogP contribution in [0.3, 0.4) is 0 Å². The fourth-order valence-electron chi connectivity index (χ4n) is 9.92. The summed E-state index contributed by atoms with van der Waals surface area (Å²) in [7, 11) is 0. The molecule has 314 valence electrons. The first kappa shape index (κ1) is 41.8. The van der Waals surface area contributed by atoms with E-state index in [4.69, 9.17) is 0 Å². The molecule has 0 aromatic heterocycles. The van der Waals surface area contributed by atoms with Crippen LogP contribution in [0.4, 0.5) is 34.1 Å². The van der Waals surface area contributed by atoms with Crippen molar-refractivity contribution in [2.24, 2.45) is 0 Å². The lowest BCUT2D eigenvalue weighted by atomic mass is 9.33. The molecule has 0 saturated heterocycles. The minimum absolute atomic E-state index is 0.0398. The molecule has 0 unspecified atom stereocenters. The first-order valence-electron chi connectivity index (χ1n) is 22.8. The van der Waals surface area contributed by atoms with E-state index in [0.717, 1.165) is 0 Å². The Kier molecular flexibility index (Phi) is 9.60. The molecule has 0 N–H and O–H groups in total. The quantitative estimate of drug-likeness (QED) is 0.164. The first-order chi connectivity index (χ1) is 29.0. The number of anilines is 6. The van der Waals surface area contributed by atoms with Crippen LogP contribution < -0.4 is 26.2 Å². The van der Waals surface area contributed by atoms with Crippen LogP contribution in [0.2, 0.25) is 0 Å². The second-order valence-electron chi connectivity index (χ2n) is 22.7. The van der Waals surface area contributed by atoms with E-state index in [9.17, 15) is 0 Å². The molecule has 0 fully saturated rings. The zero-order valence-electron chi connectivity index (χ0n) is 40.0. The van der Waals surface area contributed by atoms with Gasteiger partial charge in [-0.05, 0) is 157 Å². The molecule has 62 heavy (non-hydrogen) atoms. The number of hydrogen-bond acceptors (Lipinski definition) is 2. The third kappa shape index (κ3) is 7.06. The molecule has 7 aromatic carbocycles. The largest absolute Gasteiger partial charge is 0.311 e. The molecule has 9 rings (SSSR count). The third-order valence-corrected chi connectivity index (χ3v) is 13.6. The minimum Gasteiger partial charge on any atom is -0.311 e. The van der Waals surface area contributed by atoms with E-state index in [-0.39, 0.29) is 28.4 Å². The first-order valence-corrected chi connectivity index (χ1v) is 22.8. The van der Waals surface area contributed by atoms with Crippen LogP contribution in [0.1, 0.15) is 122 Å². The van der Waals surface area contributed by atoms with E-state index < -0.39 is 0 Å². The Morgan fingerprint density at radius 2 is 0.823 bits per heavy atom. The van der Waals surface area contributed by atoms with Crippen molar-refractivity contribution in [2.45, 2.75) is 126 Å². The van der Waals surface area contributed by atoms with Gasteiger partial charge in [-0.15, -0.1) is 0 Å². The van der Waals surface area contributed by atoms with Crippen molar-refractivity contribution in [1.82, 2.24) is 0 Å². The molecule has 3 heteroatoms. The van der Waals surface area contributed by atoms with Crippen molar-refractivity contribution >= 4 is 68.0 Å². The lowest BCUT2D eigenvalue weighted by molar-refractivity contribution is 0.568. The minimum atomic E-state index is -0.0398. The Morgan fingerprint density at radius 3 is 1.24 bits per heavy atom. The third-order valence-electron chi connectivity index (χ3n) is 13.6. The molecule has 0 spiro atoms. The Hall–Kier alpha value is -5.54. The number of fused-ring (bicyclic) bond motifs is 5. The van der Waals surface area contributed by atoms with E-state index in [0.29, 0.717) is 0 Å². The zero-order chi connectivity index (χ0) is 44.4. The van der Waals surface area contributed by atoms with Gasteiger partial charge in [0.1, 0.15) is 0 Å². The predicted octanol–water partition coefficient (Wildman–Crippen LogP) is 14.7. The molecule has 0 bridgehead atoms. The number of rotatable bonds is 3. The molecule has 2 aliphatic rings. The van der Waals surface area contributed by atoms with E-state index in [1.807, 2.05) is 0 Å².